The lowest BCUT2D eigenvalue weighted by Gasteiger charge is -2.42. The number of rotatable bonds is 4. The maximum Gasteiger partial charge on any atom is 0.233 e. The number of nitrogens with zero attached hydrogens (tertiary/aromatic N) is 1. The Labute approximate surface area is 160 Å². The first kappa shape index (κ1) is 18.5. The average Bonchev–Trinajstić information content (AvgIpc) is 3.52. The van der Waals surface area contributed by atoms with E-state index in [-0.39, 0.29) is 23.5 Å². The SMILES string of the molecule is O=C(NC1CC1)C1CCN(C(=O)C2(c3cccc(F)c3)CCCCC2)CC1. The maximum atomic E-state index is 13.9. The van der Waals surface area contributed by atoms with E-state index in [0.29, 0.717) is 19.1 Å². The number of hydrogen-bond acceptors (Lipinski definition) is 2. The average molecular weight is 372 g/mol. The molecular formula is C22H29FN2O2. The zero-order valence-corrected chi connectivity index (χ0v) is 15.9. The van der Waals surface area contributed by atoms with Gasteiger partial charge in [0.2, 0.25) is 11.8 Å². The zero-order valence-electron chi connectivity index (χ0n) is 15.9. The summed E-state index contributed by atoms with van der Waals surface area (Å²) < 4.78 is 13.9. The van der Waals surface area contributed by atoms with E-state index >= 15 is 0 Å². The highest BCUT2D eigenvalue weighted by Gasteiger charge is 2.44. The highest BCUT2D eigenvalue weighted by molar-refractivity contribution is 5.89. The molecule has 4 rings (SSSR count). The van der Waals surface area contributed by atoms with Gasteiger partial charge in [0.05, 0.1) is 5.41 Å². The predicted octanol–water partition coefficient (Wildman–Crippen LogP) is 3.54. The molecule has 3 aliphatic rings. The lowest BCUT2D eigenvalue weighted by Crippen LogP contribution is -2.51. The van der Waals surface area contributed by atoms with Crippen molar-refractivity contribution in [3.63, 3.8) is 0 Å². The van der Waals surface area contributed by atoms with Crippen LogP contribution >= 0.6 is 0 Å². The van der Waals surface area contributed by atoms with Crippen LogP contribution in [0, 0.1) is 11.7 Å². The Bertz CT molecular complexity index is 702. The normalized spacial score (nSPS) is 23.1. The van der Waals surface area contributed by atoms with E-state index in [9.17, 15) is 14.0 Å². The first-order chi connectivity index (χ1) is 13.1. The lowest BCUT2D eigenvalue weighted by atomic mass is 9.68. The van der Waals surface area contributed by atoms with Crippen molar-refractivity contribution in [2.75, 3.05) is 13.1 Å². The smallest absolute Gasteiger partial charge is 0.233 e. The standard InChI is InChI=1S/C22H29FN2O2/c23-18-6-4-5-17(15-18)22(11-2-1-3-12-22)21(27)25-13-9-16(10-14-25)20(26)24-19-7-8-19/h4-6,15-16,19H,1-3,7-14H2,(H,24,26). The van der Waals surface area contributed by atoms with E-state index < -0.39 is 5.41 Å². The summed E-state index contributed by atoms with van der Waals surface area (Å²) in [4.78, 5) is 27.8. The highest BCUT2D eigenvalue weighted by atomic mass is 19.1. The molecule has 3 fully saturated rings. The molecule has 2 saturated carbocycles. The quantitative estimate of drug-likeness (QED) is 0.879. The molecule has 1 aromatic carbocycles. The number of benzene rings is 1. The van der Waals surface area contributed by atoms with Crippen molar-refractivity contribution in [1.29, 1.82) is 0 Å². The van der Waals surface area contributed by atoms with Crippen molar-refractivity contribution < 1.29 is 14.0 Å². The van der Waals surface area contributed by atoms with E-state index in [1.807, 2.05) is 11.0 Å². The third-order valence-electron chi connectivity index (χ3n) is 6.57. The van der Waals surface area contributed by atoms with Crippen molar-refractivity contribution in [2.24, 2.45) is 5.92 Å². The minimum Gasteiger partial charge on any atom is -0.353 e. The van der Waals surface area contributed by atoms with Crippen LogP contribution in [-0.4, -0.2) is 35.8 Å². The van der Waals surface area contributed by atoms with Crippen LogP contribution in [0.2, 0.25) is 0 Å². The van der Waals surface area contributed by atoms with Crippen LogP contribution in [0.5, 0.6) is 0 Å². The Balaban J connectivity index is 1.47. The van der Waals surface area contributed by atoms with Crippen LogP contribution in [0.3, 0.4) is 0 Å². The van der Waals surface area contributed by atoms with Gasteiger partial charge in [-0.1, -0.05) is 31.4 Å². The van der Waals surface area contributed by atoms with Gasteiger partial charge in [0, 0.05) is 25.0 Å². The van der Waals surface area contributed by atoms with Crippen molar-refractivity contribution in [3.8, 4) is 0 Å². The first-order valence-electron chi connectivity index (χ1n) is 10.4. The maximum absolute atomic E-state index is 13.9. The number of likely N-dealkylation sites (tertiary alicyclic amines) is 1. The number of amides is 2. The number of carbonyl (C=O) groups excluding carboxylic acids is 2. The van der Waals surface area contributed by atoms with Gasteiger partial charge in [0.15, 0.2) is 0 Å². The van der Waals surface area contributed by atoms with E-state index in [0.717, 1.165) is 63.4 Å². The lowest BCUT2D eigenvalue weighted by molar-refractivity contribution is -0.142. The fraction of sp³-hybridized carbons (Fsp3) is 0.636. The summed E-state index contributed by atoms with van der Waals surface area (Å²) in [5.74, 6) is 0.0304. The van der Waals surface area contributed by atoms with Crippen molar-refractivity contribution in [3.05, 3.63) is 35.6 Å². The number of carbonyl (C=O) groups is 2. The van der Waals surface area contributed by atoms with Gasteiger partial charge in [0.1, 0.15) is 5.82 Å². The molecule has 1 aliphatic heterocycles. The van der Waals surface area contributed by atoms with Crippen LogP contribution in [0.1, 0.15) is 63.4 Å². The number of hydrogen-bond donors (Lipinski definition) is 1. The van der Waals surface area contributed by atoms with Crippen LogP contribution < -0.4 is 5.32 Å². The molecule has 0 unspecified atom stereocenters. The van der Waals surface area contributed by atoms with Crippen LogP contribution in [0.15, 0.2) is 24.3 Å². The molecule has 0 atom stereocenters. The van der Waals surface area contributed by atoms with Crippen LogP contribution in [0.4, 0.5) is 4.39 Å². The second kappa shape index (κ2) is 7.61. The molecule has 2 aliphatic carbocycles. The number of halogens is 1. The van der Waals surface area contributed by atoms with Crippen LogP contribution in [0.25, 0.3) is 0 Å². The van der Waals surface area contributed by atoms with E-state index in [4.69, 9.17) is 0 Å². The molecular weight excluding hydrogens is 343 g/mol. The third kappa shape index (κ3) is 3.87. The molecule has 1 heterocycles. The van der Waals surface area contributed by atoms with Gasteiger partial charge < -0.3 is 10.2 Å². The van der Waals surface area contributed by atoms with Crippen LogP contribution in [-0.2, 0) is 15.0 Å². The van der Waals surface area contributed by atoms with E-state index in [1.165, 1.54) is 6.07 Å². The minimum atomic E-state index is -0.594. The Hall–Kier alpha value is -1.91. The van der Waals surface area contributed by atoms with Gasteiger partial charge in [0.25, 0.3) is 0 Å². The summed E-state index contributed by atoms with van der Waals surface area (Å²) in [6, 6.07) is 6.98. The summed E-state index contributed by atoms with van der Waals surface area (Å²) in [5.41, 5.74) is 0.226. The second-order valence-electron chi connectivity index (χ2n) is 8.50. The van der Waals surface area contributed by atoms with Crippen molar-refractivity contribution in [1.82, 2.24) is 10.2 Å². The van der Waals surface area contributed by atoms with Gasteiger partial charge in [-0.05, 0) is 56.2 Å². The molecule has 1 N–H and O–H groups in total. The molecule has 146 valence electrons. The molecule has 0 spiro atoms. The summed E-state index contributed by atoms with van der Waals surface area (Å²) in [6.07, 6.45) is 8.36. The van der Waals surface area contributed by atoms with Crippen molar-refractivity contribution in [2.45, 2.75) is 69.2 Å². The van der Waals surface area contributed by atoms with E-state index in [2.05, 4.69) is 5.32 Å². The van der Waals surface area contributed by atoms with Gasteiger partial charge in [-0.3, -0.25) is 9.59 Å². The largest absolute Gasteiger partial charge is 0.353 e. The Kier molecular flexibility index (Phi) is 5.20. The first-order valence-corrected chi connectivity index (χ1v) is 10.4. The van der Waals surface area contributed by atoms with E-state index in [1.54, 1.807) is 12.1 Å². The molecule has 1 aromatic rings. The third-order valence-corrected chi connectivity index (χ3v) is 6.57. The molecule has 1 saturated heterocycles. The zero-order chi connectivity index (χ0) is 18.9. The molecule has 0 bridgehead atoms. The number of nitrogens with one attached hydrogen (secondary N) is 1. The molecule has 2 amide bonds. The summed E-state index contributed by atoms with van der Waals surface area (Å²) in [7, 11) is 0. The second-order valence-corrected chi connectivity index (χ2v) is 8.50. The fourth-order valence-corrected chi connectivity index (χ4v) is 4.76. The predicted molar refractivity (Wildman–Crippen MR) is 102 cm³/mol. The van der Waals surface area contributed by atoms with Gasteiger partial charge in [-0.2, -0.15) is 0 Å². The van der Waals surface area contributed by atoms with Gasteiger partial charge in [-0.25, -0.2) is 4.39 Å². The van der Waals surface area contributed by atoms with Gasteiger partial charge >= 0.3 is 0 Å². The summed E-state index contributed by atoms with van der Waals surface area (Å²) in [5, 5.41) is 3.09. The Morgan fingerprint density at radius 2 is 1.74 bits per heavy atom. The topological polar surface area (TPSA) is 49.4 Å². The molecule has 5 heteroatoms. The fourth-order valence-electron chi connectivity index (χ4n) is 4.76. The van der Waals surface area contributed by atoms with Crippen molar-refractivity contribution >= 4 is 11.8 Å². The molecule has 4 nitrogen and oxygen atoms in total. The molecule has 0 aromatic heterocycles. The Morgan fingerprint density at radius 1 is 1.04 bits per heavy atom. The Morgan fingerprint density at radius 3 is 2.37 bits per heavy atom. The molecule has 27 heavy (non-hydrogen) atoms. The highest BCUT2D eigenvalue weighted by Crippen LogP contribution is 2.42. The molecule has 0 radical (unpaired) electrons. The summed E-state index contributed by atoms with van der Waals surface area (Å²) >= 11 is 0. The minimum absolute atomic E-state index is 0.0196. The monoisotopic (exact) mass is 372 g/mol. The van der Waals surface area contributed by atoms with Gasteiger partial charge in [-0.15, -0.1) is 0 Å². The number of piperidine rings is 1. The summed E-state index contributed by atoms with van der Waals surface area (Å²) in [6.45, 7) is 1.25.